The summed E-state index contributed by atoms with van der Waals surface area (Å²) in [6.07, 6.45) is 5.64. The predicted molar refractivity (Wildman–Crippen MR) is 65.1 cm³/mol. The molecule has 2 atom stereocenters. The largest absolute Gasteiger partial charge is 0.306 e. The molecule has 0 radical (unpaired) electrons. The van der Waals surface area contributed by atoms with Gasteiger partial charge in [0.05, 0.1) is 11.2 Å². The summed E-state index contributed by atoms with van der Waals surface area (Å²) in [6.45, 7) is 4.53. The second-order valence-corrected chi connectivity index (χ2v) is 5.35. The highest BCUT2D eigenvalue weighted by Gasteiger charge is 2.22. The van der Waals surface area contributed by atoms with Crippen LogP contribution >= 0.6 is 11.3 Å². The van der Waals surface area contributed by atoms with E-state index in [0.29, 0.717) is 12.1 Å². The molecule has 1 unspecified atom stereocenters. The highest BCUT2D eigenvalue weighted by molar-refractivity contribution is 7.07. The first kappa shape index (κ1) is 11.1. The number of rotatable bonds is 4. The molecular weight excluding hydrogens is 204 g/mol. The average Bonchev–Trinajstić information content (AvgIpc) is 2.91. The van der Waals surface area contributed by atoms with E-state index in [0.717, 1.165) is 5.92 Å². The van der Waals surface area contributed by atoms with Crippen LogP contribution in [-0.4, -0.2) is 11.0 Å². The molecule has 0 bridgehead atoms. The van der Waals surface area contributed by atoms with Gasteiger partial charge in [0.15, 0.2) is 0 Å². The standard InChI is InChI=1S/C12H20N2S/c1-9(11-5-3-4-6-11)14-10(2)12-7-15-8-13-12/h7-11,14H,3-6H2,1-2H3/t9-,10?/m0/s1. The molecule has 15 heavy (non-hydrogen) atoms. The van der Waals surface area contributed by atoms with E-state index in [1.54, 1.807) is 11.3 Å². The second kappa shape index (κ2) is 5.08. The first-order valence-electron chi connectivity index (χ1n) is 5.91. The van der Waals surface area contributed by atoms with Crippen LogP contribution in [0.3, 0.4) is 0 Å². The highest BCUT2D eigenvalue weighted by Crippen LogP contribution is 2.28. The lowest BCUT2D eigenvalue weighted by atomic mass is 9.99. The van der Waals surface area contributed by atoms with Gasteiger partial charge in [0.25, 0.3) is 0 Å². The Morgan fingerprint density at radius 1 is 1.40 bits per heavy atom. The molecule has 1 aliphatic carbocycles. The van der Waals surface area contributed by atoms with Crippen molar-refractivity contribution in [1.29, 1.82) is 0 Å². The molecule has 2 rings (SSSR count). The Bertz CT molecular complexity index is 278. The molecule has 0 aromatic carbocycles. The fraction of sp³-hybridized carbons (Fsp3) is 0.750. The summed E-state index contributed by atoms with van der Waals surface area (Å²) >= 11 is 1.68. The maximum atomic E-state index is 4.35. The third-order valence-corrected chi connectivity index (χ3v) is 4.12. The van der Waals surface area contributed by atoms with Gasteiger partial charge in [-0.3, -0.25) is 0 Å². The van der Waals surface area contributed by atoms with Crippen LogP contribution in [-0.2, 0) is 0 Å². The van der Waals surface area contributed by atoms with Crippen LogP contribution in [0.15, 0.2) is 10.9 Å². The molecule has 1 N–H and O–H groups in total. The third-order valence-electron chi connectivity index (χ3n) is 3.51. The summed E-state index contributed by atoms with van der Waals surface area (Å²) in [5.41, 5.74) is 3.10. The molecular formula is C12H20N2S. The smallest absolute Gasteiger partial charge is 0.0795 e. The van der Waals surface area contributed by atoms with E-state index < -0.39 is 0 Å². The zero-order chi connectivity index (χ0) is 10.7. The maximum absolute atomic E-state index is 4.35. The number of aromatic nitrogens is 1. The number of hydrogen-bond donors (Lipinski definition) is 1. The maximum Gasteiger partial charge on any atom is 0.0795 e. The van der Waals surface area contributed by atoms with Crippen LogP contribution in [0, 0.1) is 5.92 Å². The van der Waals surface area contributed by atoms with Crippen molar-refractivity contribution in [3.05, 3.63) is 16.6 Å². The highest BCUT2D eigenvalue weighted by atomic mass is 32.1. The van der Waals surface area contributed by atoms with Crippen molar-refractivity contribution >= 4 is 11.3 Å². The van der Waals surface area contributed by atoms with E-state index >= 15 is 0 Å². The molecule has 0 aliphatic heterocycles. The third kappa shape index (κ3) is 2.79. The second-order valence-electron chi connectivity index (χ2n) is 4.63. The molecule has 1 aromatic rings. The Kier molecular flexibility index (Phi) is 3.76. The van der Waals surface area contributed by atoms with E-state index in [4.69, 9.17) is 0 Å². The average molecular weight is 224 g/mol. The molecule has 1 fully saturated rings. The van der Waals surface area contributed by atoms with Crippen LogP contribution in [0.5, 0.6) is 0 Å². The van der Waals surface area contributed by atoms with Crippen molar-refractivity contribution in [3.63, 3.8) is 0 Å². The Morgan fingerprint density at radius 2 is 2.13 bits per heavy atom. The van der Waals surface area contributed by atoms with E-state index in [1.165, 1.54) is 31.4 Å². The fourth-order valence-electron chi connectivity index (χ4n) is 2.51. The number of thiazole rings is 1. The Balaban J connectivity index is 1.85. The molecule has 0 amide bonds. The Labute approximate surface area is 96.1 Å². The van der Waals surface area contributed by atoms with Crippen molar-refractivity contribution in [2.75, 3.05) is 0 Å². The van der Waals surface area contributed by atoms with Gasteiger partial charge in [-0.05, 0) is 32.6 Å². The van der Waals surface area contributed by atoms with Crippen LogP contribution in [0.4, 0.5) is 0 Å². The molecule has 3 heteroatoms. The Morgan fingerprint density at radius 3 is 2.73 bits per heavy atom. The topological polar surface area (TPSA) is 24.9 Å². The molecule has 1 aliphatic rings. The van der Waals surface area contributed by atoms with E-state index in [1.807, 2.05) is 5.51 Å². The lowest BCUT2D eigenvalue weighted by molar-refractivity contribution is 0.350. The molecule has 0 saturated heterocycles. The summed E-state index contributed by atoms with van der Waals surface area (Å²) in [5, 5.41) is 5.81. The van der Waals surface area contributed by atoms with Gasteiger partial charge in [-0.1, -0.05) is 12.8 Å². The van der Waals surface area contributed by atoms with Crippen LogP contribution in [0.25, 0.3) is 0 Å². The zero-order valence-electron chi connectivity index (χ0n) is 9.57. The van der Waals surface area contributed by atoms with Crippen LogP contribution in [0.2, 0.25) is 0 Å². The van der Waals surface area contributed by atoms with E-state index in [-0.39, 0.29) is 0 Å². The number of hydrogen-bond acceptors (Lipinski definition) is 3. The monoisotopic (exact) mass is 224 g/mol. The van der Waals surface area contributed by atoms with Gasteiger partial charge in [-0.15, -0.1) is 11.3 Å². The van der Waals surface area contributed by atoms with Crippen molar-refractivity contribution in [2.24, 2.45) is 5.92 Å². The normalized spacial score (nSPS) is 21.7. The predicted octanol–water partition coefficient (Wildman–Crippen LogP) is 3.37. The lowest BCUT2D eigenvalue weighted by Crippen LogP contribution is -2.34. The SMILES string of the molecule is CC(N[C@@H](C)C1CCCC1)c1cscn1. The van der Waals surface area contributed by atoms with Gasteiger partial charge in [0.2, 0.25) is 0 Å². The first-order valence-corrected chi connectivity index (χ1v) is 6.86. The van der Waals surface area contributed by atoms with Crippen molar-refractivity contribution < 1.29 is 0 Å². The van der Waals surface area contributed by atoms with Crippen molar-refractivity contribution in [1.82, 2.24) is 10.3 Å². The van der Waals surface area contributed by atoms with E-state index in [9.17, 15) is 0 Å². The van der Waals surface area contributed by atoms with Gasteiger partial charge >= 0.3 is 0 Å². The number of nitrogens with one attached hydrogen (secondary N) is 1. The van der Waals surface area contributed by atoms with Crippen molar-refractivity contribution in [2.45, 2.75) is 51.6 Å². The summed E-state index contributed by atoms with van der Waals surface area (Å²) < 4.78 is 0. The van der Waals surface area contributed by atoms with Gasteiger partial charge in [-0.2, -0.15) is 0 Å². The van der Waals surface area contributed by atoms with Gasteiger partial charge in [0, 0.05) is 17.5 Å². The molecule has 1 aromatic heterocycles. The lowest BCUT2D eigenvalue weighted by Gasteiger charge is -2.23. The van der Waals surface area contributed by atoms with Gasteiger partial charge in [0.1, 0.15) is 0 Å². The van der Waals surface area contributed by atoms with Crippen LogP contribution in [0.1, 0.15) is 51.3 Å². The summed E-state index contributed by atoms with van der Waals surface area (Å²) in [4.78, 5) is 4.35. The zero-order valence-corrected chi connectivity index (χ0v) is 10.4. The summed E-state index contributed by atoms with van der Waals surface area (Å²) in [6, 6.07) is 1.02. The Hall–Kier alpha value is -0.410. The number of nitrogens with zero attached hydrogens (tertiary/aromatic N) is 1. The quantitative estimate of drug-likeness (QED) is 0.848. The van der Waals surface area contributed by atoms with Crippen molar-refractivity contribution in [3.8, 4) is 0 Å². The molecule has 1 heterocycles. The van der Waals surface area contributed by atoms with Crippen LogP contribution < -0.4 is 5.32 Å². The van der Waals surface area contributed by atoms with E-state index in [2.05, 4.69) is 29.5 Å². The molecule has 0 spiro atoms. The minimum Gasteiger partial charge on any atom is -0.306 e. The molecule has 2 nitrogen and oxygen atoms in total. The van der Waals surface area contributed by atoms with Gasteiger partial charge < -0.3 is 5.32 Å². The van der Waals surface area contributed by atoms with Gasteiger partial charge in [-0.25, -0.2) is 4.98 Å². The molecule has 84 valence electrons. The fourth-order valence-corrected chi connectivity index (χ4v) is 3.16. The minimum atomic E-state index is 0.395. The minimum absolute atomic E-state index is 0.395. The summed E-state index contributed by atoms with van der Waals surface area (Å²) in [5.74, 6) is 0.881. The summed E-state index contributed by atoms with van der Waals surface area (Å²) in [7, 11) is 0. The first-order chi connectivity index (χ1) is 7.27. The molecule has 1 saturated carbocycles.